The number of nitrogens with one attached hydrogen (secondary N) is 1. The van der Waals surface area contributed by atoms with E-state index >= 15 is 0 Å². The first-order valence-electron chi connectivity index (χ1n) is 8.18. The Bertz CT molecular complexity index is 461. The summed E-state index contributed by atoms with van der Waals surface area (Å²) in [6.07, 6.45) is 4.07. The van der Waals surface area contributed by atoms with Crippen LogP contribution in [0.1, 0.15) is 30.0 Å². The summed E-state index contributed by atoms with van der Waals surface area (Å²) < 4.78 is 0. The molecule has 4 rings (SSSR count). The van der Waals surface area contributed by atoms with Crippen molar-refractivity contribution in [3.8, 4) is 0 Å². The molecule has 3 heteroatoms. The van der Waals surface area contributed by atoms with Gasteiger partial charge in [-0.15, -0.1) is 0 Å². The van der Waals surface area contributed by atoms with E-state index in [0.29, 0.717) is 6.04 Å². The summed E-state index contributed by atoms with van der Waals surface area (Å²) >= 11 is 0. The fourth-order valence-corrected chi connectivity index (χ4v) is 3.76. The number of nitrogens with zero attached hydrogens (tertiary/aromatic N) is 2. The highest BCUT2D eigenvalue weighted by atomic mass is 15.3. The molecular weight excluding hydrogens is 246 g/mol. The van der Waals surface area contributed by atoms with E-state index in [0.717, 1.165) is 12.6 Å². The molecule has 3 nitrogen and oxygen atoms in total. The molecule has 0 radical (unpaired) electrons. The molecule has 0 aromatic heterocycles. The molecule has 2 heterocycles. The molecular formula is C17H25N3. The topological polar surface area (TPSA) is 18.5 Å². The molecule has 1 aromatic carbocycles. The molecule has 2 fully saturated rings. The van der Waals surface area contributed by atoms with Gasteiger partial charge in [0.05, 0.1) is 0 Å². The molecule has 1 aromatic rings. The van der Waals surface area contributed by atoms with Crippen molar-refractivity contribution in [2.24, 2.45) is 0 Å². The maximum atomic E-state index is 3.71. The Morgan fingerprint density at radius 2 is 1.85 bits per heavy atom. The number of piperazine rings is 1. The largest absolute Gasteiger partial charge is 0.309 e. The first-order chi connectivity index (χ1) is 9.90. The Labute approximate surface area is 121 Å². The van der Waals surface area contributed by atoms with Crippen LogP contribution in [0.4, 0.5) is 0 Å². The highest BCUT2D eigenvalue weighted by Crippen LogP contribution is 2.28. The average Bonchev–Trinajstić information content (AvgIpc) is 3.33. The zero-order chi connectivity index (χ0) is 13.4. The maximum absolute atomic E-state index is 3.71. The van der Waals surface area contributed by atoms with Gasteiger partial charge in [0.15, 0.2) is 0 Å². The molecule has 20 heavy (non-hydrogen) atoms. The van der Waals surface area contributed by atoms with Gasteiger partial charge in [-0.3, -0.25) is 9.80 Å². The van der Waals surface area contributed by atoms with E-state index in [9.17, 15) is 0 Å². The SMILES string of the molecule is c1ccc2c(c1)CCNC2CN1CCN(C2CC2)CC1. The summed E-state index contributed by atoms with van der Waals surface area (Å²) in [7, 11) is 0. The molecule has 2 aliphatic heterocycles. The first-order valence-corrected chi connectivity index (χ1v) is 8.18. The summed E-state index contributed by atoms with van der Waals surface area (Å²) in [6.45, 7) is 7.35. The van der Waals surface area contributed by atoms with Crippen molar-refractivity contribution in [3.05, 3.63) is 35.4 Å². The monoisotopic (exact) mass is 271 g/mol. The molecule has 0 amide bonds. The van der Waals surface area contributed by atoms with Crippen molar-refractivity contribution in [3.63, 3.8) is 0 Å². The molecule has 1 aliphatic carbocycles. The van der Waals surface area contributed by atoms with Crippen LogP contribution in [0.5, 0.6) is 0 Å². The fourth-order valence-electron chi connectivity index (χ4n) is 3.76. The zero-order valence-electron chi connectivity index (χ0n) is 12.2. The van der Waals surface area contributed by atoms with Gasteiger partial charge in [0, 0.05) is 44.8 Å². The maximum Gasteiger partial charge on any atom is 0.0452 e. The van der Waals surface area contributed by atoms with E-state index < -0.39 is 0 Å². The summed E-state index contributed by atoms with van der Waals surface area (Å²) in [5.74, 6) is 0. The Morgan fingerprint density at radius 1 is 1.05 bits per heavy atom. The predicted molar refractivity (Wildman–Crippen MR) is 81.9 cm³/mol. The highest BCUT2D eigenvalue weighted by Gasteiger charge is 2.32. The van der Waals surface area contributed by atoms with Crippen molar-refractivity contribution >= 4 is 0 Å². The van der Waals surface area contributed by atoms with E-state index in [1.54, 1.807) is 5.56 Å². The lowest BCUT2D eigenvalue weighted by molar-refractivity contribution is 0.117. The molecule has 3 aliphatic rings. The van der Waals surface area contributed by atoms with E-state index in [1.165, 1.54) is 57.5 Å². The first kappa shape index (κ1) is 12.8. The van der Waals surface area contributed by atoms with Gasteiger partial charge in [0.1, 0.15) is 0 Å². The minimum absolute atomic E-state index is 0.535. The van der Waals surface area contributed by atoms with E-state index in [2.05, 4.69) is 39.4 Å². The molecule has 1 saturated carbocycles. The van der Waals surface area contributed by atoms with Crippen LogP contribution in [0.3, 0.4) is 0 Å². The van der Waals surface area contributed by atoms with Crippen LogP contribution in [0.15, 0.2) is 24.3 Å². The third kappa shape index (κ3) is 2.62. The number of rotatable bonds is 3. The van der Waals surface area contributed by atoms with Gasteiger partial charge in [-0.25, -0.2) is 0 Å². The smallest absolute Gasteiger partial charge is 0.0452 e. The van der Waals surface area contributed by atoms with Crippen LogP contribution in [0.25, 0.3) is 0 Å². The van der Waals surface area contributed by atoms with Gasteiger partial charge < -0.3 is 5.32 Å². The lowest BCUT2D eigenvalue weighted by atomic mass is 9.94. The quantitative estimate of drug-likeness (QED) is 0.902. The van der Waals surface area contributed by atoms with Crippen LogP contribution in [-0.4, -0.2) is 55.1 Å². The average molecular weight is 271 g/mol. The van der Waals surface area contributed by atoms with Crippen LogP contribution < -0.4 is 5.32 Å². The minimum Gasteiger partial charge on any atom is -0.309 e. The van der Waals surface area contributed by atoms with Crippen LogP contribution in [0, 0.1) is 0 Å². The molecule has 1 N–H and O–H groups in total. The van der Waals surface area contributed by atoms with Crippen molar-refractivity contribution in [1.82, 2.24) is 15.1 Å². The second-order valence-electron chi connectivity index (χ2n) is 6.52. The lowest BCUT2D eigenvalue weighted by Gasteiger charge is -2.38. The van der Waals surface area contributed by atoms with Gasteiger partial charge in [-0.05, 0) is 36.9 Å². The van der Waals surface area contributed by atoms with Gasteiger partial charge in [0.2, 0.25) is 0 Å². The Balaban J connectivity index is 1.38. The number of benzene rings is 1. The number of hydrogen-bond acceptors (Lipinski definition) is 3. The van der Waals surface area contributed by atoms with E-state index in [1.807, 2.05) is 0 Å². The van der Waals surface area contributed by atoms with Gasteiger partial charge in [-0.2, -0.15) is 0 Å². The van der Waals surface area contributed by atoms with Crippen molar-refractivity contribution in [1.29, 1.82) is 0 Å². The van der Waals surface area contributed by atoms with Gasteiger partial charge in [-0.1, -0.05) is 24.3 Å². The normalized spacial score (nSPS) is 28.3. The molecule has 1 saturated heterocycles. The molecule has 1 atom stereocenters. The van der Waals surface area contributed by atoms with Gasteiger partial charge in [0.25, 0.3) is 0 Å². The van der Waals surface area contributed by atoms with Crippen LogP contribution in [0.2, 0.25) is 0 Å². The van der Waals surface area contributed by atoms with E-state index in [4.69, 9.17) is 0 Å². The van der Waals surface area contributed by atoms with Crippen molar-refractivity contribution in [2.75, 3.05) is 39.3 Å². The predicted octanol–water partition coefficient (Wildman–Crippen LogP) is 1.65. The van der Waals surface area contributed by atoms with Crippen molar-refractivity contribution in [2.45, 2.75) is 31.3 Å². The standard InChI is InChI=1S/C17H25N3/c1-2-4-16-14(3-1)7-8-18-17(16)13-19-9-11-20(12-10-19)15-5-6-15/h1-4,15,17-18H,5-13H2. The molecule has 0 bridgehead atoms. The lowest BCUT2D eigenvalue weighted by Crippen LogP contribution is -2.49. The van der Waals surface area contributed by atoms with Crippen molar-refractivity contribution < 1.29 is 0 Å². The fraction of sp³-hybridized carbons (Fsp3) is 0.647. The third-order valence-corrected chi connectivity index (χ3v) is 5.13. The molecule has 1 unspecified atom stereocenters. The second kappa shape index (κ2) is 5.47. The van der Waals surface area contributed by atoms with Gasteiger partial charge >= 0.3 is 0 Å². The Morgan fingerprint density at radius 3 is 2.65 bits per heavy atom. The summed E-state index contributed by atoms with van der Waals surface area (Å²) in [6, 6.07) is 10.4. The number of fused-ring (bicyclic) bond motifs is 1. The van der Waals surface area contributed by atoms with E-state index in [-0.39, 0.29) is 0 Å². The highest BCUT2D eigenvalue weighted by molar-refractivity contribution is 5.32. The van der Waals surface area contributed by atoms with Crippen LogP contribution in [-0.2, 0) is 6.42 Å². The summed E-state index contributed by atoms with van der Waals surface area (Å²) in [4.78, 5) is 5.34. The Hall–Kier alpha value is -0.900. The zero-order valence-corrected chi connectivity index (χ0v) is 12.2. The minimum atomic E-state index is 0.535. The van der Waals surface area contributed by atoms with Crippen LogP contribution >= 0.6 is 0 Å². The molecule has 108 valence electrons. The second-order valence-corrected chi connectivity index (χ2v) is 6.52. The molecule has 0 spiro atoms. The summed E-state index contributed by atoms with van der Waals surface area (Å²) in [5.41, 5.74) is 3.08. The number of hydrogen-bond donors (Lipinski definition) is 1. The Kier molecular flexibility index (Phi) is 3.51. The third-order valence-electron chi connectivity index (χ3n) is 5.13. The summed E-state index contributed by atoms with van der Waals surface area (Å²) in [5, 5.41) is 3.71.